The summed E-state index contributed by atoms with van der Waals surface area (Å²) in [5.74, 6) is -0.952. The topological polar surface area (TPSA) is 90.0 Å². The van der Waals surface area contributed by atoms with Crippen molar-refractivity contribution in [3.05, 3.63) is 81.5 Å². The zero-order valence-electron chi connectivity index (χ0n) is 17.9. The Hall–Kier alpha value is -3.17. The van der Waals surface area contributed by atoms with Crippen LogP contribution in [0.3, 0.4) is 0 Å². The van der Waals surface area contributed by atoms with Crippen LogP contribution in [0.15, 0.2) is 64.9 Å². The van der Waals surface area contributed by atoms with E-state index in [9.17, 15) is 18.0 Å². The third kappa shape index (κ3) is 5.95. The third-order valence-corrected chi connectivity index (χ3v) is 6.89. The molecule has 0 saturated carbocycles. The Morgan fingerprint density at radius 2 is 1.75 bits per heavy atom. The number of ether oxygens (including phenoxy) is 1. The molecule has 2 aromatic carbocycles. The molecule has 0 N–H and O–H groups in total. The van der Waals surface area contributed by atoms with E-state index in [-0.39, 0.29) is 28.7 Å². The maximum absolute atomic E-state index is 12.6. The van der Waals surface area contributed by atoms with Gasteiger partial charge in [-0.2, -0.15) is 8.42 Å². The van der Waals surface area contributed by atoms with Gasteiger partial charge >= 0.3 is 16.1 Å². The monoisotopic (exact) mass is 473 g/mol. The van der Waals surface area contributed by atoms with E-state index in [2.05, 4.69) is 0 Å². The SMILES string of the molecule is Cc1ccc(C)c(S(=O)(=O)Oc2ccc(C(=O)OCC(=O)N(C)Cc3cccs3)cc2)c1. The number of esters is 1. The molecule has 0 atom stereocenters. The molecule has 1 amide bonds. The predicted octanol–water partition coefficient (Wildman–Crippen LogP) is 3.95. The van der Waals surface area contributed by atoms with Gasteiger partial charge in [-0.15, -0.1) is 11.3 Å². The highest BCUT2D eigenvalue weighted by Gasteiger charge is 2.20. The highest BCUT2D eigenvalue weighted by atomic mass is 32.2. The van der Waals surface area contributed by atoms with Crippen molar-refractivity contribution >= 4 is 33.3 Å². The van der Waals surface area contributed by atoms with Crippen molar-refractivity contribution in [3.63, 3.8) is 0 Å². The molecule has 32 heavy (non-hydrogen) atoms. The highest BCUT2D eigenvalue weighted by molar-refractivity contribution is 7.87. The van der Waals surface area contributed by atoms with Gasteiger partial charge in [-0.25, -0.2) is 4.79 Å². The molecule has 0 spiro atoms. The molecule has 3 rings (SSSR count). The smallest absolute Gasteiger partial charge is 0.339 e. The van der Waals surface area contributed by atoms with Gasteiger partial charge in [0, 0.05) is 11.9 Å². The molecule has 0 unspecified atom stereocenters. The first-order valence-corrected chi connectivity index (χ1v) is 12.0. The van der Waals surface area contributed by atoms with Crippen LogP contribution in [0.4, 0.5) is 0 Å². The number of hydrogen-bond acceptors (Lipinski definition) is 7. The number of carbonyl (C=O) groups excluding carboxylic acids is 2. The second kappa shape index (κ2) is 9.97. The van der Waals surface area contributed by atoms with Crippen LogP contribution in [0, 0.1) is 13.8 Å². The molecular formula is C23H23NO6S2. The van der Waals surface area contributed by atoms with Crippen molar-refractivity contribution < 1.29 is 26.9 Å². The number of aryl methyl sites for hydroxylation is 2. The van der Waals surface area contributed by atoms with E-state index in [0.717, 1.165) is 10.4 Å². The van der Waals surface area contributed by atoms with Crippen LogP contribution >= 0.6 is 11.3 Å². The molecule has 7 nitrogen and oxygen atoms in total. The van der Waals surface area contributed by atoms with Crippen LogP contribution in [0.25, 0.3) is 0 Å². The number of rotatable bonds is 8. The highest BCUT2D eigenvalue weighted by Crippen LogP contribution is 2.23. The number of carbonyl (C=O) groups is 2. The molecule has 0 aliphatic carbocycles. The average Bonchev–Trinajstić information content (AvgIpc) is 3.26. The number of hydrogen-bond donors (Lipinski definition) is 0. The Morgan fingerprint density at radius 1 is 1.03 bits per heavy atom. The molecule has 0 radical (unpaired) electrons. The number of likely N-dealkylation sites (N-methyl/N-ethyl adjacent to an activating group) is 1. The minimum atomic E-state index is -4.02. The van der Waals surface area contributed by atoms with Gasteiger partial charge < -0.3 is 13.8 Å². The van der Waals surface area contributed by atoms with Crippen molar-refractivity contribution in [2.45, 2.75) is 25.3 Å². The van der Waals surface area contributed by atoms with Gasteiger partial charge in [0.05, 0.1) is 12.1 Å². The summed E-state index contributed by atoms with van der Waals surface area (Å²) >= 11 is 1.54. The minimum Gasteiger partial charge on any atom is -0.452 e. The first-order chi connectivity index (χ1) is 15.2. The van der Waals surface area contributed by atoms with Crippen molar-refractivity contribution in [1.29, 1.82) is 0 Å². The van der Waals surface area contributed by atoms with Gasteiger partial charge in [0.25, 0.3) is 5.91 Å². The van der Waals surface area contributed by atoms with Gasteiger partial charge in [-0.05, 0) is 66.8 Å². The van der Waals surface area contributed by atoms with Gasteiger partial charge in [0.15, 0.2) is 6.61 Å². The van der Waals surface area contributed by atoms with Crippen molar-refractivity contribution in [1.82, 2.24) is 4.90 Å². The average molecular weight is 474 g/mol. The standard InChI is InChI=1S/C23H23NO6S2/c1-16-6-7-17(2)21(13-16)32(27,28)30-19-10-8-18(9-11-19)23(26)29-15-22(25)24(3)14-20-5-4-12-31-20/h4-13H,14-15H2,1-3H3. The van der Waals surface area contributed by atoms with Gasteiger partial charge in [0.1, 0.15) is 10.6 Å². The summed E-state index contributed by atoms with van der Waals surface area (Å²) < 4.78 is 35.5. The molecule has 0 saturated heterocycles. The second-order valence-corrected chi connectivity index (χ2v) is 9.78. The number of nitrogens with zero attached hydrogens (tertiary/aromatic N) is 1. The molecule has 0 fully saturated rings. The molecule has 0 bridgehead atoms. The van der Waals surface area contributed by atoms with E-state index >= 15 is 0 Å². The summed E-state index contributed by atoms with van der Waals surface area (Å²) in [6.07, 6.45) is 0. The molecule has 168 valence electrons. The quantitative estimate of drug-likeness (QED) is 0.364. The fourth-order valence-corrected chi connectivity index (χ4v) is 4.84. The Morgan fingerprint density at radius 3 is 2.41 bits per heavy atom. The van der Waals surface area contributed by atoms with E-state index in [0.29, 0.717) is 12.1 Å². The summed E-state index contributed by atoms with van der Waals surface area (Å²) in [5.41, 5.74) is 1.55. The van der Waals surface area contributed by atoms with Crippen LogP contribution in [-0.4, -0.2) is 38.8 Å². The minimum absolute atomic E-state index is 0.0641. The van der Waals surface area contributed by atoms with Crippen molar-refractivity contribution in [3.8, 4) is 5.75 Å². The Kier molecular flexibility index (Phi) is 7.32. The lowest BCUT2D eigenvalue weighted by Gasteiger charge is -2.16. The lowest BCUT2D eigenvalue weighted by molar-refractivity contribution is -0.133. The summed E-state index contributed by atoms with van der Waals surface area (Å²) in [4.78, 5) is 27.0. The second-order valence-electron chi connectivity index (χ2n) is 7.24. The molecule has 1 aromatic heterocycles. The van der Waals surface area contributed by atoms with Crippen LogP contribution in [0.1, 0.15) is 26.4 Å². The summed E-state index contributed by atoms with van der Waals surface area (Å²) in [6.45, 7) is 3.53. The van der Waals surface area contributed by atoms with E-state index in [1.165, 1.54) is 40.5 Å². The normalized spacial score (nSPS) is 11.1. The van der Waals surface area contributed by atoms with Crippen LogP contribution in [-0.2, 0) is 26.2 Å². The zero-order chi connectivity index (χ0) is 23.3. The Balaban J connectivity index is 1.58. The van der Waals surface area contributed by atoms with Crippen molar-refractivity contribution in [2.75, 3.05) is 13.7 Å². The lowest BCUT2D eigenvalue weighted by atomic mass is 10.2. The van der Waals surface area contributed by atoms with Crippen LogP contribution in [0.2, 0.25) is 0 Å². The van der Waals surface area contributed by atoms with Crippen molar-refractivity contribution in [2.24, 2.45) is 0 Å². The molecule has 9 heteroatoms. The van der Waals surface area contributed by atoms with Crippen LogP contribution in [0.5, 0.6) is 5.75 Å². The van der Waals surface area contributed by atoms with Gasteiger partial charge in [0.2, 0.25) is 0 Å². The molecule has 0 aliphatic rings. The molecular weight excluding hydrogens is 450 g/mol. The number of thiophene rings is 1. The molecule has 0 aliphatic heterocycles. The summed E-state index contributed by atoms with van der Waals surface area (Å²) in [7, 11) is -2.38. The number of benzene rings is 2. The first kappa shape index (κ1) is 23.5. The lowest BCUT2D eigenvalue weighted by Crippen LogP contribution is -2.30. The molecule has 3 aromatic rings. The van der Waals surface area contributed by atoms with E-state index in [1.54, 1.807) is 33.0 Å². The third-order valence-electron chi connectivity index (χ3n) is 4.63. The first-order valence-electron chi connectivity index (χ1n) is 9.71. The largest absolute Gasteiger partial charge is 0.452 e. The predicted molar refractivity (Wildman–Crippen MR) is 121 cm³/mol. The Labute approximate surface area is 191 Å². The zero-order valence-corrected chi connectivity index (χ0v) is 19.5. The maximum atomic E-state index is 12.6. The van der Waals surface area contributed by atoms with E-state index < -0.39 is 16.1 Å². The molecule has 1 heterocycles. The fourth-order valence-electron chi connectivity index (χ4n) is 2.84. The van der Waals surface area contributed by atoms with Crippen LogP contribution < -0.4 is 4.18 Å². The number of amides is 1. The van der Waals surface area contributed by atoms with E-state index in [1.807, 2.05) is 23.6 Å². The van der Waals surface area contributed by atoms with Gasteiger partial charge in [-0.3, -0.25) is 4.79 Å². The van der Waals surface area contributed by atoms with E-state index in [4.69, 9.17) is 8.92 Å². The fraction of sp³-hybridized carbons (Fsp3) is 0.217. The summed E-state index contributed by atoms with van der Waals surface area (Å²) in [6, 6.07) is 14.4. The summed E-state index contributed by atoms with van der Waals surface area (Å²) in [5, 5.41) is 1.92. The Bertz CT molecular complexity index is 1200. The maximum Gasteiger partial charge on any atom is 0.339 e. The van der Waals surface area contributed by atoms with Gasteiger partial charge in [-0.1, -0.05) is 18.2 Å².